The zero-order valence-corrected chi connectivity index (χ0v) is 16.0. The molecule has 29 heavy (non-hydrogen) atoms. The number of rotatable bonds is 5. The summed E-state index contributed by atoms with van der Waals surface area (Å²) in [7, 11) is 1.55. The first-order valence-corrected chi connectivity index (χ1v) is 8.98. The molecule has 0 aliphatic heterocycles. The van der Waals surface area contributed by atoms with E-state index in [1.807, 2.05) is 0 Å². The van der Waals surface area contributed by atoms with Crippen LogP contribution in [0.25, 0.3) is 5.69 Å². The van der Waals surface area contributed by atoms with Gasteiger partial charge in [-0.2, -0.15) is 0 Å². The average molecular weight is 393 g/mol. The van der Waals surface area contributed by atoms with E-state index in [4.69, 9.17) is 0 Å². The van der Waals surface area contributed by atoms with Gasteiger partial charge in [0.2, 0.25) is 5.91 Å². The van der Waals surface area contributed by atoms with Gasteiger partial charge in [0.1, 0.15) is 11.4 Å². The Balaban J connectivity index is 1.91. The molecule has 0 aliphatic carbocycles. The number of nitrogens with zero attached hydrogens (tertiary/aromatic N) is 1. The van der Waals surface area contributed by atoms with E-state index in [2.05, 4.69) is 10.6 Å². The summed E-state index contributed by atoms with van der Waals surface area (Å²) >= 11 is 0. The molecule has 0 unspecified atom stereocenters. The first-order valence-electron chi connectivity index (χ1n) is 8.98. The van der Waals surface area contributed by atoms with E-state index in [9.17, 15) is 18.8 Å². The molecule has 0 saturated carbocycles. The summed E-state index contributed by atoms with van der Waals surface area (Å²) in [5, 5.41) is 5.26. The van der Waals surface area contributed by atoms with Crippen LogP contribution < -0.4 is 16.2 Å². The van der Waals surface area contributed by atoms with Crippen molar-refractivity contribution in [1.29, 1.82) is 0 Å². The van der Waals surface area contributed by atoms with Crippen LogP contribution in [0.4, 0.5) is 10.1 Å². The largest absolute Gasteiger partial charge is 0.359 e. The van der Waals surface area contributed by atoms with E-state index in [-0.39, 0.29) is 17.9 Å². The molecule has 1 aromatic heterocycles. The van der Waals surface area contributed by atoms with Crippen LogP contribution in [0.15, 0.2) is 65.6 Å². The van der Waals surface area contributed by atoms with Crippen LogP contribution in [0.1, 0.15) is 21.5 Å². The van der Waals surface area contributed by atoms with Gasteiger partial charge in [-0.05, 0) is 60.5 Å². The van der Waals surface area contributed by atoms with Crippen molar-refractivity contribution in [1.82, 2.24) is 9.88 Å². The number of aryl methyl sites for hydroxylation is 1. The van der Waals surface area contributed by atoms with E-state index in [0.717, 1.165) is 5.56 Å². The molecule has 0 spiro atoms. The molecule has 6 nitrogen and oxygen atoms in total. The number of amides is 2. The first kappa shape index (κ1) is 20.0. The molecule has 0 bridgehead atoms. The van der Waals surface area contributed by atoms with Gasteiger partial charge in [-0.25, -0.2) is 4.39 Å². The number of carbonyl (C=O) groups excluding carboxylic acids is 2. The Morgan fingerprint density at radius 3 is 2.48 bits per heavy atom. The zero-order chi connectivity index (χ0) is 21.0. The molecule has 0 radical (unpaired) electrons. The predicted octanol–water partition coefficient (Wildman–Crippen LogP) is 2.83. The molecule has 2 amide bonds. The van der Waals surface area contributed by atoms with Crippen molar-refractivity contribution in [2.24, 2.45) is 0 Å². The second-order valence-corrected chi connectivity index (χ2v) is 6.53. The molecule has 2 aromatic carbocycles. The Labute approximate surface area is 167 Å². The lowest BCUT2D eigenvalue weighted by Gasteiger charge is -2.12. The van der Waals surface area contributed by atoms with Gasteiger partial charge in [0.15, 0.2) is 0 Å². The predicted molar refractivity (Wildman–Crippen MR) is 109 cm³/mol. The van der Waals surface area contributed by atoms with Gasteiger partial charge in [0.25, 0.3) is 11.5 Å². The number of halogens is 1. The number of nitrogens with one attached hydrogen (secondary N) is 2. The average Bonchev–Trinajstić information content (AvgIpc) is 2.69. The molecular weight excluding hydrogens is 373 g/mol. The Kier molecular flexibility index (Phi) is 5.87. The molecule has 3 rings (SSSR count). The number of aromatic nitrogens is 1. The van der Waals surface area contributed by atoms with Crippen LogP contribution in [0.5, 0.6) is 0 Å². The summed E-state index contributed by atoms with van der Waals surface area (Å²) in [5.41, 5.74) is 1.68. The maximum atomic E-state index is 13.2. The summed E-state index contributed by atoms with van der Waals surface area (Å²) < 4.78 is 14.5. The highest BCUT2D eigenvalue weighted by Gasteiger charge is 2.17. The summed E-state index contributed by atoms with van der Waals surface area (Å²) in [6.45, 7) is 1.67. The second kappa shape index (κ2) is 8.52. The van der Waals surface area contributed by atoms with Crippen LogP contribution in [-0.4, -0.2) is 23.4 Å². The van der Waals surface area contributed by atoms with Crippen molar-refractivity contribution >= 4 is 17.5 Å². The number of hydrogen-bond donors (Lipinski definition) is 2. The van der Waals surface area contributed by atoms with Gasteiger partial charge in [0, 0.05) is 24.6 Å². The van der Waals surface area contributed by atoms with E-state index in [1.54, 1.807) is 50.5 Å². The highest BCUT2D eigenvalue weighted by atomic mass is 19.1. The maximum absolute atomic E-state index is 13.2. The van der Waals surface area contributed by atoms with Crippen molar-refractivity contribution < 1.29 is 14.0 Å². The van der Waals surface area contributed by atoms with Crippen molar-refractivity contribution in [3.8, 4) is 5.69 Å². The SMILES string of the molecule is CNC(=O)Cc1cccc(NC(=O)c2c(C)ccn(-c3ccc(F)cc3)c2=O)c1. The minimum absolute atomic E-state index is 0.00599. The first-order chi connectivity index (χ1) is 13.9. The number of anilines is 1. The van der Waals surface area contributed by atoms with Gasteiger partial charge in [-0.1, -0.05) is 12.1 Å². The van der Waals surface area contributed by atoms with Crippen molar-refractivity contribution in [3.05, 3.63) is 93.7 Å². The van der Waals surface area contributed by atoms with Gasteiger partial charge >= 0.3 is 0 Å². The highest BCUT2D eigenvalue weighted by molar-refractivity contribution is 6.05. The molecule has 2 N–H and O–H groups in total. The monoisotopic (exact) mass is 393 g/mol. The van der Waals surface area contributed by atoms with Crippen LogP contribution in [-0.2, 0) is 11.2 Å². The lowest BCUT2D eigenvalue weighted by atomic mass is 10.1. The van der Waals surface area contributed by atoms with Gasteiger partial charge in [0.05, 0.1) is 6.42 Å². The summed E-state index contributed by atoms with van der Waals surface area (Å²) in [6, 6.07) is 14.0. The molecule has 0 atom stereocenters. The van der Waals surface area contributed by atoms with Gasteiger partial charge in [-0.15, -0.1) is 0 Å². The third-order valence-electron chi connectivity index (χ3n) is 4.46. The van der Waals surface area contributed by atoms with Crippen LogP contribution in [0, 0.1) is 12.7 Å². The van der Waals surface area contributed by atoms with Crippen LogP contribution in [0.3, 0.4) is 0 Å². The molecule has 3 aromatic rings. The fourth-order valence-electron chi connectivity index (χ4n) is 2.93. The minimum Gasteiger partial charge on any atom is -0.359 e. The summed E-state index contributed by atoms with van der Waals surface area (Å²) in [6.07, 6.45) is 1.73. The number of hydrogen-bond acceptors (Lipinski definition) is 3. The molecule has 148 valence electrons. The Morgan fingerprint density at radius 1 is 1.07 bits per heavy atom. The van der Waals surface area contributed by atoms with Crippen molar-refractivity contribution in [2.75, 3.05) is 12.4 Å². The van der Waals surface area contributed by atoms with Crippen LogP contribution >= 0.6 is 0 Å². The number of pyridine rings is 1. The smallest absolute Gasteiger partial charge is 0.268 e. The molecule has 0 fully saturated rings. The lowest BCUT2D eigenvalue weighted by Crippen LogP contribution is -2.29. The van der Waals surface area contributed by atoms with Crippen molar-refractivity contribution in [3.63, 3.8) is 0 Å². The molecule has 0 aliphatic rings. The number of benzene rings is 2. The van der Waals surface area contributed by atoms with Gasteiger partial charge in [-0.3, -0.25) is 19.0 Å². The summed E-state index contributed by atoms with van der Waals surface area (Å²) in [4.78, 5) is 37.3. The Morgan fingerprint density at radius 2 is 1.79 bits per heavy atom. The lowest BCUT2D eigenvalue weighted by molar-refractivity contribution is -0.119. The standard InChI is InChI=1S/C22H20FN3O3/c1-14-10-11-26(18-8-6-16(23)7-9-18)22(29)20(14)21(28)25-17-5-3-4-15(12-17)13-19(27)24-2/h3-12H,13H2,1-2H3,(H,24,27)(H,25,28). The highest BCUT2D eigenvalue weighted by Crippen LogP contribution is 2.14. The minimum atomic E-state index is -0.555. The van der Waals surface area contributed by atoms with E-state index in [0.29, 0.717) is 16.9 Å². The Bertz CT molecular complexity index is 1120. The second-order valence-electron chi connectivity index (χ2n) is 6.53. The molecule has 1 heterocycles. The molecular formula is C22H20FN3O3. The fourth-order valence-corrected chi connectivity index (χ4v) is 2.93. The van der Waals surface area contributed by atoms with Gasteiger partial charge < -0.3 is 10.6 Å². The quantitative estimate of drug-likeness (QED) is 0.700. The third kappa shape index (κ3) is 4.57. The van der Waals surface area contributed by atoms with E-state index < -0.39 is 17.3 Å². The topological polar surface area (TPSA) is 80.2 Å². The summed E-state index contributed by atoms with van der Waals surface area (Å²) in [5.74, 6) is -1.11. The Hall–Kier alpha value is -3.74. The van der Waals surface area contributed by atoms with Crippen molar-refractivity contribution in [2.45, 2.75) is 13.3 Å². The number of carbonyl (C=O) groups is 2. The zero-order valence-electron chi connectivity index (χ0n) is 16.0. The normalized spacial score (nSPS) is 10.4. The number of likely N-dealkylation sites (N-methyl/N-ethyl adjacent to an activating group) is 1. The van der Waals surface area contributed by atoms with E-state index in [1.165, 1.54) is 28.8 Å². The molecule has 7 heteroatoms. The van der Waals surface area contributed by atoms with Crippen LogP contribution in [0.2, 0.25) is 0 Å². The van der Waals surface area contributed by atoms with E-state index >= 15 is 0 Å². The fraction of sp³-hybridized carbons (Fsp3) is 0.136. The maximum Gasteiger partial charge on any atom is 0.268 e. The molecule has 0 saturated heterocycles. The third-order valence-corrected chi connectivity index (χ3v) is 4.46.